The molecule has 2 aromatic heterocycles. The molecule has 3 rings (SSSR count). The van der Waals surface area contributed by atoms with Gasteiger partial charge in [-0.05, 0) is 59.2 Å². The monoisotopic (exact) mass is 376 g/mol. The van der Waals surface area contributed by atoms with Crippen LogP contribution in [0.1, 0.15) is 55.3 Å². The molecule has 0 aliphatic carbocycles. The number of nitrogens with one attached hydrogen (secondary N) is 1. The van der Waals surface area contributed by atoms with Gasteiger partial charge >= 0.3 is 0 Å². The molecule has 1 fully saturated rings. The van der Waals surface area contributed by atoms with Crippen molar-refractivity contribution in [1.82, 2.24) is 19.8 Å². The Bertz CT molecular complexity index is 862. The SMILES string of the molecule is CCn1cnc2sc(C(=O)NC(C)(C)CN3CCCCC3)c(C)c2c1=O. The van der Waals surface area contributed by atoms with Crippen molar-refractivity contribution in [3.63, 3.8) is 0 Å². The molecule has 0 radical (unpaired) electrons. The van der Waals surface area contributed by atoms with Crippen LogP contribution in [0.5, 0.6) is 0 Å². The minimum atomic E-state index is -0.325. The Kier molecular flexibility index (Phi) is 5.48. The molecule has 0 saturated carbocycles. The number of likely N-dealkylation sites (tertiary alicyclic amines) is 1. The highest BCUT2D eigenvalue weighted by Crippen LogP contribution is 2.27. The predicted molar refractivity (Wildman–Crippen MR) is 106 cm³/mol. The number of rotatable bonds is 5. The van der Waals surface area contributed by atoms with Crippen LogP contribution in [0.3, 0.4) is 0 Å². The number of hydrogen-bond acceptors (Lipinski definition) is 5. The van der Waals surface area contributed by atoms with Gasteiger partial charge < -0.3 is 10.2 Å². The predicted octanol–water partition coefficient (Wildman–Crippen LogP) is 2.78. The van der Waals surface area contributed by atoms with Gasteiger partial charge in [0.1, 0.15) is 4.83 Å². The lowest BCUT2D eigenvalue weighted by atomic mass is 10.0. The second-order valence-corrected chi connectivity index (χ2v) is 8.75. The smallest absolute Gasteiger partial charge is 0.262 e. The van der Waals surface area contributed by atoms with Crippen LogP contribution in [0.2, 0.25) is 0 Å². The molecular weight excluding hydrogens is 348 g/mol. The van der Waals surface area contributed by atoms with Crippen LogP contribution in [-0.2, 0) is 6.54 Å². The molecule has 1 aliphatic heterocycles. The van der Waals surface area contributed by atoms with Gasteiger partial charge in [-0.2, -0.15) is 0 Å². The summed E-state index contributed by atoms with van der Waals surface area (Å²) in [4.78, 5) is 33.5. The second kappa shape index (κ2) is 7.48. The average Bonchev–Trinajstić information content (AvgIpc) is 2.93. The van der Waals surface area contributed by atoms with Gasteiger partial charge in [0.15, 0.2) is 0 Å². The fourth-order valence-corrected chi connectivity index (χ4v) is 4.72. The molecule has 0 aromatic carbocycles. The maximum absolute atomic E-state index is 12.9. The van der Waals surface area contributed by atoms with E-state index < -0.39 is 0 Å². The molecule has 6 nitrogen and oxygen atoms in total. The number of piperidine rings is 1. The van der Waals surface area contributed by atoms with Crippen LogP contribution in [0, 0.1) is 6.92 Å². The third-order valence-electron chi connectivity index (χ3n) is 4.98. The molecule has 0 bridgehead atoms. The Hall–Kier alpha value is -1.73. The van der Waals surface area contributed by atoms with E-state index in [1.807, 2.05) is 13.8 Å². The Morgan fingerprint density at radius 3 is 2.65 bits per heavy atom. The van der Waals surface area contributed by atoms with Crippen molar-refractivity contribution in [2.24, 2.45) is 0 Å². The molecule has 3 heterocycles. The van der Waals surface area contributed by atoms with Crippen molar-refractivity contribution in [2.75, 3.05) is 19.6 Å². The Balaban J connectivity index is 1.82. The van der Waals surface area contributed by atoms with Crippen LogP contribution >= 0.6 is 11.3 Å². The van der Waals surface area contributed by atoms with Crippen molar-refractivity contribution >= 4 is 27.5 Å². The summed E-state index contributed by atoms with van der Waals surface area (Å²) in [6, 6.07) is 0. The van der Waals surface area contributed by atoms with Crippen LogP contribution in [-0.4, -0.2) is 45.5 Å². The summed E-state index contributed by atoms with van der Waals surface area (Å²) < 4.78 is 1.57. The fraction of sp³-hybridized carbons (Fsp3) is 0.632. The quantitative estimate of drug-likeness (QED) is 0.871. The molecule has 1 aliphatic rings. The number of carbonyl (C=O) groups is 1. The van der Waals surface area contributed by atoms with E-state index in [1.54, 1.807) is 10.9 Å². The lowest BCUT2D eigenvalue weighted by molar-refractivity contribution is 0.0882. The molecular formula is C19H28N4O2S. The Morgan fingerprint density at radius 2 is 2.00 bits per heavy atom. The van der Waals surface area contributed by atoms with Crippen LogP contribution < -0.4 is 10.9 Å². The fourth-order valence-electron chi connectivity index (χ4n) is 3.68. The molecule has 1 saturated heterocycles. The van der Waals surface area contributed by atoms with Crippen molar-refractivity contribution < 1.29 is 4.79 Å². The van der Waals surface area contributed by atoms with Crippen molar-refractivity contribution in [3.8, 4) is 0 Å². The van der Waals surface area contributed by atoms with Crippen molar-refractivity contribution in [1.29, 1.82) is 0 Å². The maximum atomic E-state index is 12.9. The van der Waals surface area contributed by atoms with Gasteiger partial charge in [-0.15, -0.1) is 11.3 Å². The van der Waals surface area contributed by atoms with E-state index in [9.17, 15) is 9.59 Å². The van der Waals surface area contributed by atoms with E-state index in [0.717, 1.165) is 25.2 Å². The standard InChI is InChI=1S/C19H28N4O2S/c1-5-23-12-20-17-14(18(23)25)13(2)15(26-17)16(24)21-19(3,4)11-22-9-7-6-8-10-22/h12H,5-11H2,1-4H3,(H,21,24). The first-order valence-corrected chi connectivity index (χ1v) is 10.2. The largest absolute Gasteiger partial charge is 0.345 e. The number of hydrogen-bond donors (Lipinski definition) is 1. The van der Waals surface area contributed by atoms with Gasteiger partial charge in [0.05, 0.1) is 16.6 Å². The number of aryl methyl sites for hydroxylation is 2. The van der Waals surface area contributed by atoms with E-state index in [0.29, 0.717) is 21.6 Å². The summed E-state index contributed by atoms with van der Waals surface area (Å²) in [5.74, 6) is -0.116. The van der Waals surface area contributed by atoms with E-state index in [1.165, 1.54) is 30.6 Å². The molecule has 1 amide bonds. The van der Waals surface area contributed by atoms with Crippen LogP contribution in [0.25, 0.3) is 10.2 Å². The minimum absolute atomic E-state index is 0.0714. The van der Waals surface area contributed by atoms with Gasteiger partial charge in [0.25, 0.3) is 11.5 Å². The minimum Gasteiger partial charge on any atom is -0.345 e. The Labute approximate surface area is 158 Å². The summed E-state index contributed by atoms with van der Waals surface area (Å²) in [5.41, 5.74) is 0.336. The molecule has 1 N–H and O–H groups in total. The lowest BCUT2D eigenvalue weighted by Gasteiger charge is -2.35. The van der Waals surface area contributed by atoms with Crippen molar-refractivity contribution in [2.45, 2.75) is 59.0 Å². The first-order valence-electron chi connectivity index (χ1n) is 9.36. The van der Waals surface area contributed by atoms with E-state index in [4.69, 9.17) is 0 Å². The number of carbonyl (C=O) groups excluding carboxylic acids is 1. The van der Waals surface area contributed by atoms with Gasteiger partial charge in [-0.3, -0.25) is 14.2 Å². The summed E-state index contributed by atoms with van der Waals surface area (Å²) in [6.07, 6.45) is 5.32. The highest BCUT2D eigenvalue weighted by Gasteiger charge is 2.27. The topological polar surface area (TPSA) is 67.2 Å². The third-order valence-corrected chi connectivity index (χ3v) is 6.18. The zero-order valence-corrected chi connectivity index (χ0v) is 16.9. The first-order chi connectivity index (χ1) is 12.3. The molecule has 142 valence electrons. The summed E-state index contributed by atoms with van der Waals surface area (Å²) >= 11 is 1.30. The molecule has 0 atom stereocenters. The zero-order chi connectivity index (χ0) is 18.9. The highest BCUT2D eigenvalue weighted by molar-refractivity contribution is 7.20. The Morgan fingerprint density at radius 1 is 1.31 bits per heavy atom. The number of fused-ring (bicyclic) bond motifs is 1. The third kappa shape index (κ3) is 3.83. The summed E-state index contributed by atoms with van der Waals surface area (Å²) in [6.45, 7) is 11.5. The number of amides is 1. The van der Waals surface area contributed by atoms with Gasteiger partial charge in [-0.1, -0.05) is 6.42 Å². The molecule has 7 heteroatoms. The zero-order valence-electron chi connectivity index (χ0n) is 16.1. The molecule has 2 aromatic rings. The number of aromatic nitrogens is 2. The number of nitrogens with zero attached hydrogens (tertiary/aromatic N) is 3. The molecule has 26 heavy (non-hydrogen) atoms. The van der Waals surface area contributed by atoms with Gasteiger partial charge in [0.2, 0.25) is 0 Å². The van der Waals surface area contributed by atoms with Crippen LogP contribution in [0.15, 0.2) is 11.1 Å². The summed E-state index contributed by atoms with van der Waals surface area (Å²) in [7, 11) is 0. The van der Waals surface area contributed by atoms with Crippen LogP contribution in [0.4, 0.5) is 0 Å². The molecule has 0 spiro atoms. The first kappa shape index (κ1) is 19.0. The van der Waals surface area contributed by atoms with Gasteiger partial charge in [0, 0.05) is 18.6 Å². The molecule has 0 unspecified atom stereocenters. The number of thiophene rings is 1. The van der Waals surface area contributed by atoms with E-state index in [-0.39, 0.29) is 17.0 Å². The second-order valence-electron chi connectivity index (χ2n) is 7.75. The highest BCUT2D eigenvalue weighted by atomic mass is 32.1. The lowest BCUT2D eigenvalue weighted by Crippen LogP contribution is -2.52. The normalized spacial score (nSPS) is 16.2. The van der Waals surface area contributed by atoms with Crippen molar-refractivity contribution in [3.05, 3.63) is 27.1 Å². The van der Waals surface area contributed by atoms with Gasteiger partial charge in [-0.25, -0.2) is 4.98 Å². The van der Waals surface area contributed by atoms with E-state index in [2.05, 4.69) is 29.0 Å². The average molecular weight is 377 g/mol. The van der Waals surface area contributed by atoms with E-state index >= 15 is 0 Å². The maximum Gasteiger partial charge on any atom is 0.262 e. The summed E-state index contributed by atoms with van der Waals surface area (Å²) in [5, 5.41) is 3.73.